The smallest absolute Gasteiger partial charge is 0.226 e. The molecule has 1 aromatic carbocycles. The Bertz CT molecular complexity index is 882. The number of imidazole rings is 1. The topological polar surface area (TPSA) is 87.5 Å². The largest absolute Gasteiger partial charge is 0.381 e. The highest BCUT2D eigenvalue weighted by atomic mass is 19.1. The number of benzene rings is 1. The first-order valence-electron chi connectivity index (χ1n) is 11.5. The van der Waals surface area contributed by atoms with Gasteiger partial charge >= 0.3 is 0 Å². The van der Waals surface area contributed by atoms with Crippen molar-refractivity contribution in [2.75, 3.05) is 39.4 Å². The molecular weight excluding hydrogens is 397 g/mol. The van der Waals surface area contributed by atoms with E-state index in [1.807, 2.05) is 11.8 Å². The van der Waals surface area contributed by atoms with E-state index in [4.69, 9.17) is 10.5 Å². The van der Waals surface area contributed by atoms with E-state index in [2.05, 4.69) is 14.9 Å². The minimum absolute atomic E-state index is 0.0267. The first kappa shape index (κ1) is 22.2. The molecule has 0 unspecified atom stereocenters. The lowest BCUT2D eigenvalue weighted by atomic mass is 9.99. The predicted octanol–water partition coefficient (Wildman–Crippen LogP) is 2.31. The molecular formula is C23H34FN5O2. The number of H-pyrrole nitrogens is 1. The van der Waals surface area contributed by atoms with Gasteiger partial charge < -0.3 is 20.4 Å². The van der Waals surface area contributed by atoms with Crippen LogP contribution >= 0.6 is 0 Å². The molecule has 2 aliphatic rings. The van der Waals surface area contributed by atoms with Gasteiger partial charge in [0.05, 0.1) is 17.0 Å². The average Bonchev–Trinajstić information content (AvgIpc) is 3.07. The van der Waals surface area contributed by atoms with Crippen LogP contribution in [0.4, 0.5) is 4.39 Å². The predicted molar refractivity (Wildman–Crippen MR) is 118 cm³/mol. The second kappa shape index (κ2) is 10.1. The minimum atomic E-state index is -0.284. The lowest BCUT2D eigenvalue weighted by Gasteiger charge is -2.36. The number of amides is 1. The molecule has 2 saturated heterocycles. The molecule has 0 spiro atoms. The lowest BCUT2D eigenvalue weighted by Crippen LogP contribution is -2.47. The van der Waals surface area contributed by atoms with Gasteiger partial charge in [-0.1, -0.05) is 0 Å². The van der Waals surface area contributed by atoms with Crippen molar-refractivity contribution < 1.29 is 13.9 Å². The van der Waals surface area contributed by atoms with E-state index < -0.39 is 0 Å². The van der Waals surface area contributed by atoms with Crippen LogP contribution in [0.25, 0.3) is 11.0 Å². The number of halogens is 1. The number of carbonyl (C=O) groups excluding carboxylic acids is 1. The Kier molecular flexibility index (Phi) is 7.20. The number of fused-ring (bicyclic) bond motifs is 1. The molecule has 2 aromatic rings. The van der Waals surface area contributed by atoms with E-state index >= 15 is 0 Å². The number of aromatic amines is 1. The summed E-state index contributed by atoms with van der Waals surface area (Å²) in [5.74, 6) is 0.671. The van der Waals surface area contributed by atoms with E-state index in [1.54, 1.807) is 6.07 Å². The summed E-state index contributed by atoms with van der Waals surface area (Å²) in [5, 5.41) is 0. The van der Waals surface area contributed by atoms with Gasteiger partial charge in [0.1, 0.15) is 11.6 Å². The summed E-state index contributed by atoms with van der Waals surface area (Å²) in [4.78, 5) is 25.5. The normalized spacial score (nSPS) is 23.7. The van der Waals surface area contributed by atoms with Crippen molar-refractivity contribution in [1.29, 1.82) is 0 Å². The number of likely N-dealkylation sites (tertiary alicyclic amines) is 1. The summed E-state index contributed by atoms with van der Waals surface area (Å²) in [6.07, 6.45) is 4.35. The van der Waals surface area contributed by atoms with E-state index in [0.29, 0.717) is 31.1 Å². The van der Waals surface area contributed by atoms with Crippen LogP contribution in [0, 0.1) is 11.7 Å². The summed E-state index contributed by atoms with van der Waals surface area (Å²) in [6.45, 7) is 6.48. The van der Waals surface area contributed by atoms with Crippen molar-refractivity contribution in [2.24, 2.45) is 11.7 Å². The summed E-state index contributed by atoms with van der Waals surface area (Å²) in [7, 11) is 0. The highest BCUT2D eigenvalue weighted by Gasteiger charge is 2.33. The summed E-state index contributed by atoms with van der Waals surface area (Å²) < 4.78 is 19.0. The Balaban J connectivity index is 1.39. The number of hydrogen-bond donors (Lipinski definition) is 2. The van der Waals surface area contributed by atoms with Crippen molar-refractivity contribution in [2.45, 2.75) is 51.1 Å². The maximum Gasteiger partial charge on any atom is 0.226 e. The van der Waals surface area contributed by atoms with Crippen LogP contribution in [-0.4, -0.2) is 77.2 Å². The number of carbonyl (C=O) groups is 1. The number of nitrogens with zero attached hydrogens (tertiary/aromatic N) is 3. The highest BCUT2D eigenvalue weighted by Crippen LogP contribution is 2.24. The van der Waals surface area contributed by atoms with Gasteiger partial charge in [0.2, 0.25) is 5.91 Å². The second-order valence-corrected chi connectivity index (χ2v) is 8.84. The molecule has 1 aromatic heterocycles. The van der Waals surface area contributed by atoms with Crippen LogP contribution in [0.2, 0.25) is 0 Å². The van der Waals surface area contributed by atoms with Gasteiger partial charge in [-0.2, -0.15) is 0 Å². The molecule has 0 radical (unpaired) electrons. The monoisotopic (exact) mass is 431 g/mol. The zero-order valence-electron chi connectivity index (χ0n) is 18.4. The molecule has 0 aliphatic carbocycles. The van der Waals surface area contributed by atoms with Crippen molar-refractivity contribution in [3.8, 4) is 0 Å². The maximum absolute atomic E-state index is 13.4. The molecule has 2 aliphatic heterocycles. The first-order valence-corrected chi connectivity index (χ1v) is 11.5. The Labute approximate surface area is 183 Å². The number of rotatable bonds is 6. The van der Waals surface area contributed by atoms with E-state index in [0.717, 1.165) is 63.3 Å². The van der Waals surface area contributed by atoms with Crippen molar-refractivity contribution in [3.63, 3.8) is 0 Å². The standard InChI is InChI=1S/C23H34FN5O2/c1-2-28(10-7-22-26-20-6-4-17(24)13-21(20)27-22)23(30)16-3-5-18(25)15-29(14-16)19-8-11-31-12-9-19/h4,6,13,16,18-19H,2-3,5,7-12,14-15,25H2,1H3,(H,26,27)/t16-,18+/m1/s1. The van der Waals surface area contributed by atoms with Crippen LogP contribution in [0.15, 0.2) is 18.2 Å². The average molecular weight is 432 g/mol. The van der Waals surface area contributed by atoms with Crippen LogP contribution in [0.5, 0.6) is 0 Å². The molecule has 170 valence electrons. The molecule has 31 heavy (non-hydrogen) atoms. The first-order chi connectivity index (χ1) is 15.0. The molecule has 7 nitrogen and oxygen atoms in total. The fourth-order valence-electron chi connectivity index (χ4n) is 4.88. The number of hydrogen-bond acceptors (Lipinski definition) is 5. The van der Waals surface area contributed by atoms with E-state index in [9.17, 15) is 9.18 Å². The fourth-order valence-corrected chi connectivity index (χ4v) is 4.88. The lowest BCUT2D eigenvalue weighted by molar-refractivity contribution is -0.136. The zero-order chi connectivity index (χ0) is 21.8. The number of ether oxygens (including phenoxy) is 1. The number of aromatic nitrogens is 2. The molecule has 0 saturated carbocycles. The highest BCUT2D eigenvalue weighted by molar-refractivity contribution is 5.79. The molecule has 4 rings (SSSR count). The Morgan fingerprint density at radius 3 is 2.87 bits per heavy atom. The minimum Gasteiger partial charge on any atom is -0.381 e. The second-order valence-electron chi connectivity index (χ2n) is 8.84. The van der Waals surface area contributed by atoms with Crippen molar-refractivity contribution in [3.05, 3.63) is 29.8 Å². The summed E-state index contributed by atoms with van der Waals surface area (Å²) >= 11 is 0. The number of nitrogens with one attached hydrogen (secondary N) is 1. The van der Waals surface area contributed by atoms with Crippen LogP contribution in [0.1, 0.15) is 38.4 Å². The summed E-state index contributed by atoms with van der Waals surface area (Å²) in [6, 6.07) is 5.11. The third-order valence-corrected chi connectivity index (χ3v) is 6.67. The Morgan fingerprint density at radius 1 is 1.29 bits per heavy atom. The maximum atomic E-state index is 13.4. The van der Waals surface area contributed by atoms with Crippen molar-refractivity contribution >= 4 is 16.9 Å². The van der Waals surface area contributed by atoms with Gasteiger partial charge in [-0.15, -0.1) is 0 Å². The Morgan fingerprint density at radius 2 is 2.10 bits per heavy atom. The Hall–Kier alpha value is -2.03. The van der Waals surface area contributed by atoms with Crippen LogP contribution in [-0.2, 0) is 16.0 Å². The summed E-state index contributed by atoms with van der Waals surface area (Å²) in [5.41, 5.74) is 7.78. The van der Waals surface area contributed by atoms with Gasteiger partial charge in [0, 0.05) is 57.9 Å². The van der Waals surface area contributed by atoms with Crippen molar-refractivity contribution in [1.82, 2.24) is 19.8 Å². The van der Waals surface area contributed by atoms with Gasteiger partial charge in [-0.05, 0) is 50.8 Å². The zero-order valence-corrected chi connectivity index (χ0v) is 18.4. The van der Waals surface area contributed by atoms with Gasteiger partial charge in [-0.3, -0.25) is 9.69 Å². The quantitative estimate of drug-likeness (QED) is 0.733. The van der Waals surface area contributed by atoms with Gasteiger partial charge in [0.25, 0.3) is 0 Å². The third-order valence-electron chi connectivity index (χ3n) is 6.67. The van der Waals surface area contributed by atoms with Gasteiger partial charge in [0.15, 0.2) is 0 Å². The molecule has 8 heteroatoms. The van der Waals surface area contributed by atoms with Crippen LogP contribution < -0.4 is 5.73 Å². The molecule has 0 bridgehead atoms. The van der Waals surface area contributed by atoms with E-state index in [-0.39, 0.29) is 23.7 Å². The fraction of sp³-hybridized carbons (Fsp3) is 0.652. The molecule has 1 amide bonds. The van der Waals surface area contributed by atoms with E-state index in [1.165, 1.54) is 12.1 Å². The molecule has 3 N–H and O–H groups in total. The molecule has 2 fully saturated rings. The SMILES string of the molecule is CCN(CCc1nc2ccc(F)cc2[nH]1)C(=O)[C@@H]1CC[C@H](N)CN(C2CCOCC2)C1. The van der Waals surface area contributed by atoms with Gasteiger partial charge in [-0.25, -0.2) is 9.37 Å². The molecule has 3 heterocycles. The third kappa shape index (κ3) is 5.42. The molecule has 2 atom stereocenters. The number of likely N-dealkylation sites (N-methyl/N-ethyl adjacent to an activating group) is 1. The number of nitrogens with two attached hydrogens (primary N) is 1. The van der Waals surface area contributed by atoms with Crippen LogP contribution in [0.3, 0.4) is 0 Å².